The van der Waals surface area contributed by atoms with Crippen molar-refractivity contribution in [3.8, 4) is 6.07 Å². The average molecular weight is 426 g/mol. The first-order valence-corrected chi connectivity index (χ1v) is 11.1. The third kappa shape index (κ3) is 3.45. The van der Waals surface area contributed by atoms with Crippen molar-refractivity contribution < 1.29 is 13.2 Å². The number of hydrogen-bond donors (Lipinski definition) is 1. The van der Waals surface area contributed by atoms with Crippen molar-refractivity contribution in [3.05, 3.63) is 119 Å². The van der Waals surface area contributed by atoms with Gasteiger partial charge in [0, 0.05) is 16.7 Å². The maximum absolute atomic E-state index is 13.8. The summed E-state index contributed by atoms with van der Waals surface area (Å²) in [5, 5.41) is 8.48. The molecule has 2 N–H and O–H groups in total. The number of carbonyl (C=O) groups is 1. The number of hydrogen-bond acceptors (Lipinski definition) is 5. The van der Waals surface area contributed by atoms with Crippen molar-refractivity contribution in [2.24, 2.45) is 5.73 Å². The molecule has 0 saturated carbocycles. The van der Waals surface area contributed by atoms with Crippen LogP contribution in [-0.4, -0.2) is 19.5 Å². The summed E-state index contributed by atoms with van der Waals surface area (Å²) in [7, 11) is -4.08. The third-order valence-corrected chi connectivity index (χ3v) is 7.23. The molecular formula is C25H18N2O3S. The zero-order valence-corrected chi connectivity index (χ0v) is 17.2. The van der Waals surface area contributed by atoms with E-state index in [1.54, 1.807) is 78.9 Å². The number of nitrogens with two attached hydrogens (primary N) is 1. The summed E-state index contributed by atoms with van der Waals surface area (Å²) >= 11 is 0. The van der Waals surface area contributed by atoms with Crippen LogP contribution >= 0.6 is 0 Å². The zero-order chi connectivity index (χ0) is 22.0. The fraction of sp³-hybridized carbons (Fsp3) is 0.0400. The van der Waals surface area contributed by atoms with Gasteiger partial charge in [0.2, 0.25) is 0 Å². The molecule has 6 heteroatoms. The minimum absolute atomic E-state index is 0.00925. The molecule has 0 fully saturated rings. The molecule has 1 aliphatic rings. The Morgan fingerprint density at radius 1 is 0.839 bits per heavy atom. The van der Waals surface area contributed by atoms with Crippen LogP contribution in [0.3, 0.4) is 0 Å². The Morgan fingerprint density at radius 3 is 1.90 bits per heavy atom. The summed E-state index contributed by atoms with van der Waals surface area (Å²) in [6.45, 7) is 0. The molecule has 0 aliphatic heterocycles. The molecule has 0 aromatic heterocycles. The van der Waals surface area contributed by atoms with Gasteiger partial charge in [0.05, 0.1) is 16.2 Å². The Morgan fingerprint density at radius 2 is 1.35 bits per heavy atom. The van der Waals surface area contributed by atoms with Crippen LogP contribution in [0.15, 0.2) is 113 Å². The van der Waals surface area contributed by atoms with E-state index in [9.17, 15) is 18.5 Å². The van der Waals surface area contributed by atoms with Gasteiger partial charge in [-0.15, -0.1) is 0 Å². The SMILES string of the molecule is N#CC1=C(c2ccccc2)C(S(=O)(=O)c2ccccc2)C(C(=O)c2ccccc2)=C1N. The molecule has 1 aliphatic carbocycles. The number of nitriles is 1. The molecule has 31 heavy (non-hydrogen) atoms. The highest BCUT2D eigenvalue weighted by Gasteiger charge is 2.45. The van der Waals surface area contributed by atoms with Gasteiger partial charge in [-0.3, -0.25) is 4.79 Å². The van der Waals surface area contributed by atoms with Crippen LogP contribution in [0.1, 0.15) is 15.9 Å². The summed E-state index contributed by atoms with van der Waals surface area (Å²) in [6, 6.07) is 27.0. The number of sulfone groups is 1. The largest absolute Gasteiger partial charge is 0.397 e. The van der Waals surface area contributed by atoms with Crippen molar-refractivity contribution in [3.63, 3.8) is 0 Å². The van der Waals surface area contributed by atoms with Crippen molar-refractivity contribution in [1.29, 1.82) is 5.26 Å². The van der Waals surface area contributed by atoms with Gasteiger partial charge in [0.15, 0.2) is 15.6 Å². The number of allylic oxidation sites excluding steroid dienone is 1. The lowest BCUT2D eigenvalue weighted by atomic mass is 9.96. The second kappa shape index (κ2) is 8.05. The fourth-order valence-electron chi connectivity index (χ4n) is 3.77. The van der Waals surface area contributed by atoms with Crippen LogP contribution in [0.4, 0.5) is 0 Å². The van der Waals surface area contributed by atoms with Crippen LogP contribution in [0, 0.1) is 11.3 Å². The molecule has 5 nitrogen and oxygen atoms in total. The number of nitrogens with zero attached hydrogens (tertiary/aromatic N) is 1. The highest BCUT2D eigenvalue weighted by Crippen LogP contribution is 2.43. The van der Waals surface area contributed by atoms with Crippen LogP contribution in [0.2, 0.25) is 0 Å². The van der Waals surface area contributed by atoms with Gasteiger partial charge in [-0.05, 0) is 17.7 Å². The van der Waals surface area contributed by atoms with Crippen LogP contribution in [0.25, 0.3) is 5.57 Å². The first kappa shape index (κ1) is 20.3. The van der Waals surface area contributed by atoms with E-state index in [4.69, 9.17) is 5.73 Å². The first-order valence-electron chi connectivity index (χ1n) is 9.55. The molecule has 4 rings (SSSR count). The molecule has 0 saturated heterocycles. The van der Waals surface area contributed by atoms with E-state index in [0.717, 1.165) is 0 Å². The Hall–Kier alpha value is -3.95. The lowest BCUT2D eigenvalue weighted by Gasteiger charge is -2.20. The Kier molecular flexibility index (Phi) is 5.28. The molecule has 3 aromatic carbocycles. The Bertz CT molecular complexity index is 1350. The topological polar surface area (TPSA) is 101 Å². The van der Waals surface area contributed by atoms with Crippen molar-refractivity contribution in [2.45, 2.75) is 10.1 Å². The maximum atomic E-state index is 13.8. The third-order valence-electron chi connectivity index (χ3n) is 5.21. The molecule has 152 valence electrons. The molecule has 3 aromatic rings. The minimum atomic E-state index is -4.08. The summed E-state index contributed by atoms with van der Waals surface area (Å²) < 4.78 is 27.6. The van der Waals surface area contributed by atoms with E-state index in [1.165, 1.54) is 12.1 Å². The Balaban J connectivity index is 2.00. The van der Waals surface area contributed by atoms with Crippen LogP contribution in [-0.2, 0) is 9.84 Å². The first-order chi connectivity index (χ1) is 15.0. The predicted molar refractivity (Wildman–Crippen MR) is 118 cm³/mol. The highest BCUT2D eigenvalue weighted by molar-refractivity contribution is 7.92. The van der Waals surface area contributed by atoms with Crippen molar-refractivity contribution >= 4 is 21.2 Å². The quantitative estimate of drug-likeness (QED) is 0.623. The van der Waals surface area contributed by atoms with Gasteiger partial charge < -0.3 is 5.73 Å². The molecular weight excluding hydrogens is 408 g/mol. The average Bonchev–Trinajstić information content (AvgIpc) is 3.13. The van der Waals surface area contributed by atoms with Crippen molar-refractivity contribution in [2.75, 3.05) is 0 Å². The van der Waals surface area contributed by atoms with Gasteiger partial charge >= 0.3 is 0 Å². The number of Topliss-reactive ketones (excluding diaryl/α,β-unsaturated/α-hetero) is 1. The van der Waals surface area contributed by atoms with E-state index >= 15 is 0 Å². The smallest absolute Gasteiger partial charge is 0.192 e. The van der Waals surface area contributed by atoms with Crippen LogP contribution in [0.5, 0.6) is 0 Å². The number of carbonyl (C=O) groups excluding carboxylic acids is 1. The van der Waals surface area contributed by atoms with Crippen LogP contribution < -0.4 is 5.73 Å². The lowest BCUT2D eigenvalue weighted by molar-refractivity contribution is 0.103. The molecule has 0 spiro atoms. The molecule has 0 heterocycles. The van der Waals surface area contributed by atoms with Gasteiger partial charge in [0.25, 0.3) is 0 Å². The molecule has 1 unspecified atom stereocenters. The zero-order valence-electron chi connectivity index (χ0n) is 16.4. The fourth-order valence-corrected chi connectivity index (χ4v) is 5.69. The van der Waals surface area contributed by atoms with E-state index in [-0.39, 0.29) is 27.3 Å². The Labute approximate surface area is 180 Å². The second-order valence-electron chi connectivity index (χ2n) is 7.03. The second-order valence-corrected chi connectivity index (χ2v) is 9.06. The van der Waals surface area contributed by atoms with Gasteiger partial charge in [0.1, 0.15) is 11.3 Å². The van der Waals surface area contributed by atoms with Crippen molar-refractivity contribution in [1.82, 2.24) is 0 Å². The summed E-state index contributed by atoms with van der Waals surface area (Å²) in [6.07, 6.45) is 0. The molecule has 0 radical (unpaired) electrons. The van der Waals surface area contributed by atoms with Gasteiger partial charge in [-0.1, -0.05) is 78.9 Å². The molecule has 1 atom stereocenters. The number of ketones is 1. The van der Waals surface area contributed by atoms with E-state index in [0.29, 0.717) is 11.1 Å². The highest BCUT2D eigenvalue weighted by atomic mass is 32.2. The number of benzene rings is 3. The van der Waals surface area contributed by atoms with Gasteiger partial charge in [-0.25, -0.2) is 8.42 Å². The summed E-state index contributed by atoms with van der Waals surface area (Å²) in [5.41, 5.74) is 7.16. The minimum Gasteiger partial charge on any atom is -0.397 e. The maximum Gasteiger partial charge on any atom is 0.192 e. The van der Waals surface area contributed by atoms with E-state index in [1.807, 2.05) is 6.07 Å². The molecule has 0 bridgehead atoms. The standard InChI is InChI=1S/C25H18N2O3S/c26-16-20-21(17-10-4-1-5-11-17)25(31(29,30)19-14-8-3-9-15-19)22(23(20)27)24(28)18-12-6-2-7-13-18/h1-15,25H,27H2. The predicted octanol–water partition coefficient (Wildman–Crippen LogP) is 3.92. The normalized spacial score (nSPS) is 16.3. The number of rotatable bonds is 5. The van der Waals surface area contributed by atoms with E-state index in [2.05, 4.69) is 0 Å². The monoisotopic (exact) mass is 426 g/mol. The molecule has 0 amide bonds. The van der Waals surface area contributed by atoms with Gasteiger partial charge in [-0.2, -0.15) is 5.26 Å². The summed E-state index contributed by atoms with van der Waals surface area (Å²) in [5.74, 6) is -0.513. The summed E-state index contributed by atoms with van der Waals surface area (Å²) in [4.78, 5) is 13.5. The lowest BCUT2D eigenvalue weighted by Crippen LogP contribution is -2.28. The van der Waals surface area contributed by atoms with E-state index < -0.39 is 20.9 Å².